The first-order chi connectivity index (χ1) is 11.7. The maximum Gasteiger partial charge on any atom is 0.227 e. The summed E-state index contributed by atoms with van der Waals surface area (Å²) in [6.07, 6.45) is 5.46. The van der Waals surface area contributed by atoms with Gasteiger partial charge in [0.25, 0.3) is 0 Å². The van der Waals surface area contributed by atoms with Gasteiger partial charge in [0.2, 0.25) is 11.0 Å². The lowest BCUT2D eigenvalue weighted by Crippen LogP contribution is -2.35. The van der Waals surface area contributed by atoms with Gasteiger partial charge in [-0.25, -0.2) is 0 Å². The topological polar surface area (TPSA) is 86.8 Å². The number of hydrogen-bond donors (Lipinski definition) is 2. The maximum atomic E-state index is 12.0. The molecule has 1 saturated heterocycles. The Balaban J connectivity index is 1.40. The quantitative estimate of drug-likeness (QED) is 0.837. The summed E-state index contributed by atoms with van der Waals surface area (Å²) in [6, 6.07) is 0. The van der Waals surface area contributed by atoms with Gasteiger partial charge in [0.15, 0.2) is 0 Å². The zero-order chi connectivity index (χ0) is 16.9. The first kappa shape index (κ1) is 17.0. The van der Waals surface area contributed by atoms with E-state index in [9.17, 15) is 4.79 Å². The standard InChI is InChI=1S/C16H24N6OS/c1-3-14-19-21-16(24-14)18-13(23)6-9-22-7-4-12(5-8-22)15-11(2)10-17-20-15/h10,12H,3-9H2,1-2H3,(H,17,20)(H,18,21,23). The number of piperidine rings is 1. The smallest absolute Gasteiger partial charge is 0.227 e. The summed E-state index contributed by atoms with van der Waals surface area (Å²) in [5.74, 6) is 0.576. The normalized spacial score (nSPS) is 16.4. The number of aromatic nitrogens is 4. The van der Waals surface area contributed by atoms with Crippen molar-refractivity contribution >= 4 is 22.4 Å². The van der Waals surface area contributed by atoms with Crippen molar-refractivity contribution in [1.82, 2.24) is 25.3 Å². The summed E-state index contributed by atoms with van der Waals surface area (Å²) < 4.78 is 0. The van der Waals surface area contributed by atoms with Gasteiger partial charge in [-0.05, 0) is 44.8 Å². The Bertz CT molecular complexity index is 674. The van der Waals surface area contributed by atoms with E-state index in [0.29, 0.717) is 17.5 Å². The minimum absolute atomic E-state index is 0.0142. The number of aromatic amines is 1. The molecule has 8 heteroatoms. The molecule has 0 unspecified atom stereocenters. The molecule has 2 aromatic rings. The Morgan fingerprint density at radius 3 is 2.83 bits per heavy atom. The number of likely N-dealkylation sites (tertiary alicyclic amines) is 1. The Labute approximate surface area is 145 Å². The predicted octanol–water partition coefficient (Wildman–Crippen LogP) is 2.34. The fourth-order valence-corrected chi connectivity index (χ4v) is 3.80. The highest BCUT2D eigenvalue weighted by Gasteiger charge is 2.23. The van der Waals surface area contributed by atoms with Crippen LogP contribution in [0.5, 0.6) is 0 Å². The lowest BCUT2D eigenvalue weighted by molar-refractivity contribution is -0.116. The van der Waals surface area contributed by atoms with Crippen molar-refractivity contribution in [1.29, 1.82) is 0 Å². The van der Waals surface area contributed by atoms with Gasteiger partial charge < -0.3 is 10.2 Å². The van der Waals surface area contributed by atoms with Crippen LogP contribution in [-0.2, 0) is 11.2 Å². The molecule has 1 aliphatic heterocycles. The molecule has 1 fully saturated rings. The van der Waals surface area contributed by atoms with Crippen LogP contribution in [0.1, 0.15) is 48.4 Å². The van der Waals surface area contributed by atoms with Gasteiger partial charge in [-0.2, -0.15) is 5.10 Å². The summed E-state index contributed by atoms with van der Waals surface area (Å²) in [5.41, 5.74) is 2.52. The minimum atomic E-state index is 0.0142. The maximum absolute atomic E-state index is 12.0. The van der Waals surface area contributed by atoms with E-state index in [2.05, 4.69) is 37.5 Å². The van der Waals surface area contributed by atoms with Crippen molar-refractivity contribution in [2.24, 2.45) is 0 Å². The molecule has 1 aliphatic rings. The number of aryl methyl sites for hydroxylation is 2. The highest BCUT2D eigenvalue weighted by atomic mass is 32.1. The molecule has 130 valence electrons. The molecule has 0 saturated carbocycles. The third-order valence-electron chi connectivity index (χ3n) is 4.53. The van der Waals surface area contributed by atoms with E-state index >= 15 is 0 Å². The molecule has 3 rings (SSSR count). The minimum Gasteiger partial charge on any atom is -0.303 e. The van der Waals surface area contributed by atoms with Gasteiger partial charge in [0.05, 0.1) is 6.20 Å². The molecule has 0 aliphatic carbocycles. The number of carbonyl (C=O) groups excluding carboxylic acids is 1. The summed E-state index contributed by atoms with van der Waals surface area (Å²) in [5, 5.41) is 19.6. The first-order valence-corrected chi connectivity index (χ1v) is 9.31. The number of amides is 1. The van der Waals surface area contributed by atoms with Gasteiger partial charge in [-0.3, -0.25) is 9.89 Å². The molecule has 7 nitrogen and oxygen atoms in total. The van der Waals surface area contributed by atoms with Crippen molar-refractivity contribution in [2.75, 3.05) is 25.0 Å². The van der Waals surface area contributed by atoms with Crippen molar-refractivity contribution in [3.05, 3.63) is 22.5 Å². The van der Waals surface area contributed by atoms with Gasteiger partial charge in [0.1, 0.15) is 5.01 Å². The number of anilines is 1. The number of H-pyrrole nitrogens is 1. The number of nitrogens with one attached hydrogen (secondary N) is 2. The molecular weight excluding hydrogens is 324 g/mol. The number of nitrogens with zero attached hydrogens (tertiary/aromatic N) is 4. The Morgan fingerprint density at radius 1 is 1.42 bits per heavy atom. The largest absolute Gasteiger partial charge is 0.303 e. The number of carbonyl (C=O) groups is 1. The van der Waals surface area contributed by atoms with Crippen molar-refractivity contribution < 1.29 is 4.79 Å². The monoisotopic (exact) mass is 348 g/mol. The number of rotatable bonds is 6. The fraction of sp³-hybridized carbons (Fsp3) is 0.625. The number of hydrogen-bond acceptors (Lipinski definition) is 6. The molecule has 0 atom stereocenters. The van der Waals surface area contributed by atoms with Crippen LogP contribution in [-0.4, -0.2) is 50.8 Å². The van der Waals surface area contributed by atoms with E-state index in [1.807, 2.05) is 13.1 Å². The second-order valence-corrected chi connectivity index (χ2v) is 7.30. The van der Waals surface area contributed by atoms with Crippen LogP contribution in [0, 0.1) is 6.92 Å². The van der Waals surface area contributed by atoms with Crippen molar-refractivity contribution in [3.63, 3.8) is 0 Å². The zero-order valence-corrected chi connectivity index (χ0v) is 15.0. The van der Waals surface area contributed by atoms with Crippen molar-refractivity contribution in [3.8, 4) is 0 Å². The lowest BCUT2D eigenvalue weighted by atomic mass is 9.91. The Hall–Kier alpha value is -1.80. The highest BCUT2D eigenvalue weighted by Crippen LogP contribution is 2.28. The summed E-state index contributed by atoms with van der Waals surface area (Å²) >= 11 is 1.45. The van der Waals surface area contributed by atoms with Gasteiger partial charge >= 0.3 is 0 Å². The van der Waals surface area contributed by atoms with Crippen molar-refractivity contribution in [2.45, 2.75) is 45.4 Å². The molecule has 1 amide bonds. The lowest BCUT2D eigenvalue weighted by Gasteiger charge is -2.31. The molecule has 0 bridgehead atoms. The highest BCUT2D eigenvalue weighted by molar-refractivity contribution is 7.15. The summed E-state index contributed by atoms with van der Waals surface area (Å²) in [6.45, 7) is 6.97. The van der Waals surface area contributed by atoms with Crippen LogP contribution in [0.15, 0.2) is 6.20 Å². The van der Waals surface area contributed by atoms with Crippen LogP contribution in [0.2, 0.25) is 0 Å². The fourth-order valence-electron chi connectivity index (χ4n) is 3.10. The second kappa shape index (κ2) is 7.85. The first-order valence-electron chi connectivity index (χ1n) is 8.50. The van der Waals surface area contributed by atoms with Gasteiger partial charge in [-0.15, -0.1) is 10.2 Å². The molecule has 0 aromatic carbocycles. The van der Waals surface area contributed by atoms with Crippen LogP contribution >= 0.6 is 11.3 Å². The summed E-state index contributed by atoms with van der Waals surface area (Å²) in [7, 11) is 0. The van der Waals surface area contributed by atoms with E-state index in [-0.39, 0.29) is 5.91 Å². The molecule has 3 heterocycles. The zero-order valence-electron chi connectivity index (χ0n) is 14.2. The third kappa shape index (κ3) is 4.18. The molecule has 24 heavy (non-hydrogen) atoms. The average molecular weight is 348 g/mol. The third-order valence-corrected chi connectivity index (χ3v) is 5.52. The van der Waals surface area contributed by atoms with Crippen LogP contribution in [0.25, 0.3) is 0 Å². The molecule has 2 aromatic heterocycles. The predicted molar refractivity (Wildman–Crippen MR) is 94.3 cm³/mol. The van der Waals surface area contributed by atoms with Gasteiger partial charge in [0, 0.05) is 24.6 Å². The Morgan fingerprint density at radius 2 is 2.21 bits per heavy atom. The average Bonchev–Trinajstić information content (AvgIpc) is 3.22. The van der Waals surface area contributed by atoms with Crippen LogP contribution < -0.4 is 5.32 Å². The molecule has 0 spiro atoms. The molecule has 2 N–H and O–H groups in total. The molecule has 0 radical (unpaired) electrons. The summed E-state index contributed by atoms with van der Waals surface area (Å²) in [4.78, 5) is 14.4. The van der Waals surface area contributed by atoms with Gasteiger partial charge in [-0.1, -0.05) is 18.3 Å². The van der Waals surface area contributed by atoms with E-state index < -0.39 is 0 Å². The van der Waals surface area contributed by atoms with Crippen LogP contribution in [0.4, 0.5) is 5.13 Å². The van der Waals surface area contributed by atoms with E-state index in [4.69, 9.17) is 0 Å². The second-order valence-electron chi connectivity index (χ2n) is 6.24. The Kier molecular flexibility index (Phi) is 5.57. The van der Waals surface area contributed by atoms with E-state index in [1.165, 1.54) is 22.6 Å². The SMILES string of the molecule is CCc1nnc(NC(=O)CCN2CCC(c3[nH]ncc3C)CC2)s1. The van der Waals surface area contributed by atoms with Crippen LogP contribution in [0.3, 0.4) is 0 Å². The van der Waals surface area contributed by atoms with E-state index in [1.54, 1.807) is 0 Å². The molecular formula is C16H24N6OS. The van der Waals surface area contributed by atoms with E-state index in [0.717, 1.165) is 43.9 Å².